The molecule has 1 aromatic heterocycles. The maximum absolute atomic E-state index is 13.4. The van der Waals surface area contributed by atoms with Crippen LogP contribution in [0.3, 0.4) is 0 Å². The van der Waals surface area contributed by atoms with Gasteiger partial charge in [0.2, 0.25) is 0 Å². The molecule has 4 heteroatoms. The van der Waals surface area contributed by atoms with Crippen molar-refractivity contribution in [3.8, 4) is 0 Å². The molecule has 1 atom stereocenters. The molecule has 0 spiro atoms. The first-order chi connectivity index (χ1) is 6.65. The lowest BCUT2D eigenvalue weighted by Gasteiger charge is -2.28. The number of rotatable bonds is 1. The monoisotopic (exact) mass is 198 g/mol. The number of fused-ring (bicyclic) bond motifs is 1. The Balaban J connectivity index is 2.49. The molecule has 0 fully saturated rings. The third-order valence-corrected chi connectivity index (χ3v) is 2.76. The molecule has 0 radical (unpaired) electrons. The van der Waals surface area contributed by atoms with Gasteiger partial charge in [-0.05, 0) is 12.8 Å². The molecule has 1 unspecified atom stereocenters. The van der Waals surface area contributed by atoms with Gasteiger partial charge in [0.05, 0.1) is 5.69 Å². The summed E-state index contributed by atoms with van der Waals surface area (Å²) in [6.07, 6.45) is 4.09. The predicted molar refractivity (Wildman–Crippen MR) is 48.2 cm³/mol. The van der Waals surface area contributed by atoms with Crippen molar-refractivity contribution < 1.29 is 8.78 Å². The summed E-state index contributed by atoms with van der Waals surface area (Å²) in [5, 5.41) is 0. The fourth-order valence-corrected chi connectivity index (χ4v) is 1.94. The highest BCUT2D eigenvalue weighted by Crippen LogP contribution is 2.43. The quantitative estimate of drug-likeness (QED) is 0.693. The van der Waals surface area contributed by atoms with Crippen LogP contribution in [-0.4, -0.2) is 9.97 Å². The summed E-state index contributed by atoms with van der Waals surface area (Å²) in [5.74, 6) is -2.63. The Labute approximate surface area is 81.4 Å². The van der Waals surface area contributed by atoms with E-state index in [0.717, 1.165) is 6.42 Å². The summed E-state index contributed by atoms with van der Waals surface area (Å²) in [4.78, 5) is 7.78. The van der Waals surface area contributed by atoms with Gasteiger partial charge in [0, 0.05) is 24.7 Å². The topological polar surface area (TPSA) is 25.8 Å². The van der Waals surface area contributed by atoms with E-state index in [-0.39, 0.29) is 18.0 Å². The van der Waals surface area contributed by atoms with Crippen molar-refractivity contribution in [1.29, 1.82) is 0 Å². The Bertz CT molecular complexity index is 339. The largest absolute Gasteiger partial charge is 0.291 e. The van der Waals surface area contributed by atoms with Crippen LogP contribution in [0.1, 0.15) is 43.5 Å². The lowest BCUT2D eigenvalue weighted by molar-refractivity contribution is -0.0309. The van der Waals surface area contributed by atoms with Crippen molar-refractivity contribution in [2.24, 2.45) is 0 Å². The molecule has 0 N–H and O–H groups in total. The molecule has 14 heavy (non-hydrogen) atoms. The number of hydrogen-bond donors (Lipinski definition) is 0. The molecule has 0 amide bonds. The highest BCUT2D eigenvalue weighted by molar-refractivity contribution is 5.23. The Morgan fingerprint density at radius 2 is 2.14 bits per heavy atom. The molecule has 0 aromatic carbocycles. The number of alkyl halides is 2. The van der Waals surface area contributed by atoms with Crippen LogP contribution in [0.2, 0.25) is 0 Å². The standard InChI is InChI=1S/C10H12F2N2/c1-2-7-3-4-10(11,12)9-8(7)13-5-6-14-9/h5-7H,2-4H2,1H3. The zero-order chi connectivity index (χ0) is 10.2. The Morgan fingerprint density at radius 3 is 2.86 bits per heavy atom. The van der Waals surface area contributed by atoms with E-state index in [1.165, 1.54) is 12.4 Å². The summed E-state index contributed by atoms with van der Waals surface area (Å²) in [7, 11) is 0. The number of hydrogen-bond acceptors (Lipinski definition) is 2. The number of nitrogens with zero attached hydrogens (tertiary/aromatic N) is 2. The van der Waals surface area contributed by atoms with Gasteiger partial charge in [0.15, 0.2) is 0 Å². The second-order valence-electron chi connectivity index (χ2n) is 3.64. The fourth-order valence-electron chi connectivity index (χ4n) is 1.94. The van der Waals surface area contributed by atoms with Crippen LogP contribution in [0.25, 0.3) is 0 Å². The molecular weight excluding hydrogens is 186 g/mol. The molecule has 2 nitrogen and oxygen atoms in total. The SMILES string of the molecule is CCC1CCC(F)(F)c2nccnc21. The molecule has 0 aliphatic heterocycles. The lowest BCUT2D eigenvalue weighted by atomic mass is 9.85. The van der Waals surface area contributed by atoms with E-state index >= 15 is 0 Å². The van der Waals surface area contributed by atoms with E-state index in [1.807, 2.05) is 6.92 Å². The lowest BCUT2D eigenvalue weighted by Crippen LogP contribution is -2.26. The minimum atomic E-state index is -2.78. The van der Waals surface area contributed by atoms with E-state index < -0.39 is 5.92 Å². The highest BCUT2D eigenvalue weighted by Gasteiger charge is 2.42. The Morgan fingerprint density at radius 1 is 1.43 bits per heavy atom. The molecule has 1 heterocycles. The van der Waals surface area contributed by atoms with Gasteiger partial charge in [0.25, 0.3) is 5.92 Å². The molecule has 2 rings (SSSR count). The molecule has 1 aliphatic carbocycles. The fraction of sp³-hybridized carbons (Fsp3) is 0.600. The van der Waals surface area contributed by atoms with Gasteiger partial charge in [-0.25, -0.2) is 0 Å². The number of halogens is 2. The third kappa shape index (κ3) is 1.38. The second kappa shape index (κ2) is 3.26. The van der Waals surface area contributed by atoms with Crippen LogP contribution >= 0.6 is 0 Å². The van der Waals surface area contributed by atoms with Gasteiger partial charge < -0.3 is 0 Å². The normalized spacial score (nSPS) is 24.4. The first-order valence-corrected chi connectivity index (χ1v) is 4.84. The molecular formula is C10H12F2N2. The molecule has 1 aliphatic rings. The first kappa shape index (κ1) is 9.49. The van der Waals surface area contributed by atoms with Gasteiger partial charge in [-0.2, -0.15) is 8.78 Å². The first-order valence-electron chi connectivity index (χ1n) is 4.84. The smallest absolute Gasteiger partial charge is 0.257 e. The maximum atomic E-state index is 13.4. The van der Waals surface area contributed by atoms with Gasteiger partial charge in [-0.15, -0.1) is 0 Å². The summed E-state index contributed by atoms with van der Waals surface area (Å²) in [5.41, 5.74) is 0.379. The molecule has 76 valence electrons. The van der Waals surface area contributed by atoms with Crippen LogP contribution in [0.15, 0.2) is 12.4 Å². The van der Waals surface area contributed by atoms with Gasteiger partial charge >= 0.3 is 0 Å². The van der Waals surface area contributed by atoms with E-state index in [0.29, 0.717) is 12.1 Å². The van der Waals surface area contributed by atoms with Gasteiger partial charge in [0.1, 0.15) is 5.69 Å². The molecule has 1 aromatic rings. The van der Waals surface area contributed by atoms with E-state index in [2.05, 4.69) is 9.97 Å². The van der Waals surface area contributed by atoms with Crippen LogP contribution in [-0.2, 0) is 5.92 Å². The minimum Gasteiger partial charge on any atom is -0.257 e. The zero-order valence-corrected chi connectivity index (χ0v) is 8.00. The van der Waals surface area contributed by atoms with E-state index in [4.69, 9.17) is 0 Å². The minimum absolute atomic E-state index is 0.100. The van der Waals surface area contributed by atoms with Crippen molar-refractivity contribution >= 4 is 0 Å². The summed E-state index contributed by atoms with van der Waals surface area (Å²) in [6.45, 7) is 1.99. The van der Waals surface area contributed by atoms with Gasteiger partial charge in [-0.3, -0.25) is 9.97 Å². The van der Waals surface area contributed by atoms with Crippen LogP contribution < -0.4 is 0 Å². The average molecular weight is 198 g/mol. The second-order valence-corrected chi connectivity index (χ2v) is 3.64. The predicted octanol–water partition coefficient (Wildman–Crippen LogP) is 2.86. The summed E-state index contributed by atoms with van der Waals surface area (Å²) >= 11 is 0. The zero-order valence-electron chi connectivity index (χ0n) is 8.00. The van der Waals surface area contributed by atoms with Crippen molar-refractivity contribution in [3.05, 3.63) is 23.8 Å². The van der Waals surface area contributed by atoms with Crippen LogP contribution in [0, 0.1) is 0 Å². The maximum Gasteiger partial charge on any atom is 0.291 e. The van der Waals surface area contributed by atoms with E-state index in [9.17, 15) is 8.78 Å². The molecule has 0 bridgehead atoms. The molecule has 0 saturated carbocycles. The van der Waals surface area contributed by atoms with Gasteiger partial charge in [-0.1, -0.05) is 6.92 Å². The highest BCUT2D eigenvalue weighted by atomic mass is 19.3. The number of aromatic nitrogens is 2. The Hall–Kier alpha value is -1.06. The summed E-state index contributed by atoms with van der Waals surface area (Å²) in [6, 6.07) is 0. The van der Waals surface area contributed by atoms with E-state index in [1.54, 1.807) is 0 Å². The summed E-state index contributed by atoms with van der Waals surface area (Å²) < 4.78 is 26.8. The van der Waals surface area contributed by atoms with Crippen molar-refractivity contribution in [1.82, 2.24) is 9.97 Å². The Kier molecular flexibility index (Phi) is 2.21. The van der Waals surface area contributed by atoms with Crippen LogP contribution in [0.4, 0.5) is 8.78 Å². The third-order valence-electron chi connectivity index (χ3n) is 2.76. The van der Waals surface area contributed by atoms with Crippen molar-refractivity contribution in [2.75, 3.05) is 0 Å². The van der Waals surface area contributed by atoms with Crippen LogP contribution in [0.5, 0.6) is 0 Å². The molecule has 0 saturated heterocycles. The van der Waals surface area contributed by atoms with Crippen molar-refractivity contribution in [3.63, 3.8) is 0 Å². The average Bonchev–Trinajstić information content (AvgIpc) is 2.18. The van der Waals surface area contributed by atoms with Crippen molar-refractivity contribution in [2.45, 2.75) is 38.0 Å².